The monoisotopic (exact) mass is 250 g/mol. The van der Waals surface area contributed by atoms with Crippen LogP contribution in [0.4, 0.5) is 8.78 Å². The van der Waals surface area contributed by atoms with Gasteiger partial charge < -0.3 is 0 Å². The number of benzene rings is 1. The van der Waals surface area contributed by atoms with Crippen molar-refractivity contribution in [2.24, 2.45) is 0 Å². The number of likely N-dealkylation sites (tertiary alicyclic amines) is 1. The summed E-state index contributed by atoms with van der Waals surface area (Å²) in [5, 5.41) is 9.37. The van der Waals surface area contributed by atoms with Gasteiger partial charge in [-0.15, -0.1) is 0 Å². The third kappa shape index (κ3) is 2.51. The molecule has 18 heavy (non-hydrogen) atoms. The minimum Gasteiger partial charge on any atom is -0.285 e. The summed E-state index contributed by atoms with van der Waals surface area (Å²) in [7, 11) is 0. The lowest BCUT2D eigenvalue weighted by atomic mass is 9.92. The maximum Gasteiger partial charge on any atom is 0.159 e. The highest BCUT2D eigenvalue weighted by Gasteiger charge is 2.34. The summed E-state index contributed by atoms with van der Waals surface area (Å²) in [4.78, 5) is 2.12. The van der Waals surface area contributed by atoms with Crippen LogP contribution in [-0.2, 0) is 6.42 Å². The third-order valence-corrected chi connectivity index (χ3v) is 3.58. The second-order valence-corrected chi connectivity index (χ2v) is 5.01. The van der Waals surface area contributed by atoms with Gasteiger partial charge in [0.15, 0.2) is 11.6 Å². The molecule has 1 aliphatic heterocycles. The van der Waals surface area contributed by atoms with Gasteiger partial charge in [0.1, 0.15) is 5.54 Å². The smallest absolute Gasteiger partial charge is 0.159 e. The summed E-state index contributed by atoms with van der Waals surface area (Å²) in [6.07, 6.45) is 2.60. The zero-order valence-corrected chi connectivity index (χ0v) is 10.4. The highest BCUT2D eigenvalue weighted by molar-refractivity contribution is 5.23. The molecular formula is C14H16F2N2. The molecule has 4 heteroatoms. The average Bonchev–Trinajstić information content (AvgIpc) is 2.88. The van der Waals surface area contributed by atoms with Crippen molar-refractivity contribution >= 4 is 0 Å². The SMILES string of the molecule is CC(C#N)(Cc1ccc(F)c(F)c1)N1CCCC1. The molecule has 1 aromatic carbocycles. The molecule has 1 heterocycles. The first-order chi connectivity index (χ1) is 8.55. The Labute approximate surface area is 106 Å². The quantitative estimate of drug-likeness (QED) is 0.824. The van der Waals surface area contributed by atoms with Gasteiger partial charge in [0.25, 0.3) is 0 Å². The van der Waals surface area contributed by atoms with E-state index in [9.17, 15) is 14.0 Å². The van der Waals surface area contributed by atoms with Crippen LogP contribution in [0.5, 0.6) is 0 Å². The molecule has 2 rings (SSSR count). The summed E-state index contributed by atoms with van der Waals surface area (Å²) < 4.78 is 26.0. The topological polar surface area (TPSA) is 27.0 Å². The largest absolute Gasteiger partial charge is 0.285 e. The van der Waals surface area contributed by atoms with Crippen molar-refractivity contribution in [2.75, 3.05) is 13.1 Å². The van der Waals surface area contributed by atoms with Crippen LogP contribution < -0.4 is 0 Å². The third-order valence-electron chi connectivity index (χ3n) is 3.58. The standard InChI is InChI=1S/C14H16F2N2/c1-14(10-17,18-6-2-3-7-18)9-11-4-5-12(15)13(16)8-11/h4-5,8H,2-3,6-7,9H2,1H3. The first-order valence-electron chi connectivity index (χ1n) is 6.15. The molecule has 1 aromatic rings. The van der Waals surface area contributed by atoms with E-state index >= 15 is 0 Å². The lowest BCUT2D eigenvalue weighted by Crippen LogP contribution is -2.45. The fraction of sp³-hybridized carbons (Fsp3) is 0.500. The van der Waals surface area contributed by atoms with Gasteiger partial charge in [-0.1, -0.05) is 6.07 Å². The molecule has 0 radical (unpaired) electrons. The number of nitriles is 1. The molecule has 1 fully saturated rings. The van der Waals surface area contributed by atoms with Crippen LogP contribution in [0.2, 0.25) is 0 Å². The van der Waals surface area contributed by atoms with E-state index in [4.69, 9.17) is 0 Å². The molecule has 0 spiro atoms. The summed E-state index contributed by atoms with van der Waals surface area (Å²) in [6.45, 7) is 3.65. The van der Waals surface area contributed by atoms with Gasteiger partial charge in [-0.3, -0.25) is 4.90 Å². The number of hydrogen-bond acceptors (Lipinski definition) is 2. The van der Waals surface area contributed by atoms with Gasteiger partial charge in [-0.2, -0.15) is 5.26 Å². The van der Waals surface area contributed by atoms with E-state index in [2.05, 4.69) is 11.0 Å². The lowest BCUT2D eigenvalue weighted by molar-refractivity contribution is 0.191. The van der Waals surface area contributed by atoms with Crippen LogP contribution in [0.3, 0.4) is 0 Å². The van der Waals surface area contributed by atoms with Gasteiger partial charge in [-0.05, 0) is 50.6 Å². The van der Waals surface area contributed by atoms with Crippen molar-refractivity contribution in [3.05, 3.63) is 35.4 Å². The Morgan fingerprint density at radius 2 is 1.94 bits per heavy atom. The fourth-order valence-corrected chi connectivity index (χ4v) is 2.48. The number of halogens is 2. The van der Waals surface area contributed by atoms with Gasteiger partial charge in [0.05, 0.1) is 6.07 Å². The number of hydrogen-bond donors (Lipinski definition) is 0. The molecule has 1 unspecified atom stereocenters. The van der Waals surface area contributed by atoms with E-state index in [1.807, 2.05) is 6.92 Å². The van der Waals surface area contributed by atoms with E-state index in [-0.39, 0.29) is 0 Å². The van der Waals surface area contributed by atoms with Crippen molar-refractivity contribution in [1.82, 2.24) is 4.90 Å². The van der Waals surface area contributed by atoms with Gasteiger partial charge in [-0.25, -0.2) is 8.78 Å². The maximum absolute atomic E-state index is 13.2. The predicted octanol–water partition coefficient (Wildman–Crippen LogP) is 2.89. The zero-order valence-electron chi connectivity index (χ0n) is 10.4. The summed E-state index contributed by atoms with van der Waals surface area (Å²) in [6, 6.07) is 6.16. The van der Waals surface area contributed by atoms with E-state index in [0.717, 1.165) is 32.0 Å². The Balaban J connectivity index is 2.19. The fourth-order valence-electron chi connectivity index (χ4n) is 2.48. The summed E-state index contributed by atoms with van der Waals surface area (Å²) >= 11 is 0. The second-order valence-electron chi connectivity index (χ2n) is 5.01. The minimum atomic E-state index is -0.853. The van der Waals surface area contributed by atoms with Gasteiger partial charge in [0, 0.05) is 6.42 Å². The first kappa shape index (κ1) is 13.0. The Morgan fingerprint density at radius 1 is 1.28 bits per heavy atom. The molecule has 0 bridgehead atoms. The predicted molar refractivity (Wildman–Crippen MR) is 64.9 cm³/mol. The lowest BCUT2D eigenvalue weighted by Gasteiger charge is -2.32. The van der Waals surface area contributed by atoms with Crippen molar-refractivity contribution in [3.8, 4) is 6.07 Å². The van der Waals surface area contributed by atoms with Gasteiger partial charge in [0.2, 0.25) is 0 Å². The molecule has 1 atom stereocenters. The highest BCUT2D eigenvalue weighted by Crippen LogP contribution is 2.25. The normalized spacial score (nSPS) is 19.4. The Morgan fingerprint density at radius 3 is 2.50 bits per heavy atom. The molecule has 1 saturated heterocycles. The number of rotatable bonds is 3. The van der Waals surface area contributed by atoms with Gasteiger partial charge >= 0.3 is 0 Å². The molecule has 1 aliphatic rings. The van der Waals surface area contributed by atoms with Crippen LogP contribution in [0.25, 0.3) is 0 Å². The van der Waals surface area contributed by atoms with E-state index in [0.29, 0.717) is 12.0 Å². The molecule has 0 amide bonds. The van der Waals surface area contributed by atoms with Crippen molar-refractivity contribution in [2.45, 2.75) is 31.7 Å². The molecule has 0 aliphatic carbocycles. The number of nitrogens with zero attached hydrogens (tertiary/aromatic N) is 2. The Hall–Kier alpha value is -1.47. The summed E-state index contributed by atoms with van der Waals surface area (Å²) in [5.41, 5.74) is 0.0191. The average molecular weight is 250 g/mol. The van der Waals surface area contributed by atoms with E-state index in [1.165, 1.54) is 6.07 Å². The van der Waals surface area contributed by atoms with Crippen molar-refractivity contribution in [3.63, 3.8) is 0 Å². The Kier molecular flexibility index (Phi) is 3.63. The van der Waals surface area contributed by atoms with E-state index in [1.54, 1.807) is 6.07 Å². The zero-order chi connectivity index (χ0) is 13.2. The Bertz CT molecular complexity index is 475. The van der Waals surface area contributed by atoms with Crippen LogP contribution >= 0.6 is 0 Å². The van der Waals surface area contributed by atoms with Crippen LogP contribution in [0.1, 0.15) is 25.3 Å². The molecule has 96 valence electrons. The van der Waals surface area contributed by atoms with Crippen molar-refractivity contribution in [1.29, 1.82) is 5.26 Å². The molecular weight excluding hydrogens is 234 g/mol. The van der Waals surface area contributed by atoms with Crippen LogP contribution in [-0.4, -0.2) is 23.5 Å². The second kappa shape index (κ2) is 5.03. The minimum absolute atomic E-state index is 0.417. The summed E-state index contributed by atoms with van der Waals surface area (Å²) in [5.74, 6) is -1.70. The molecule has 0 saturated carbocycles. The molecule has 0 aromatic heterocycles. The first-order valence-corrected chi connectivity index (χ1v) is 6.15. The van der Waals surface area contributed by atoms with Crippen LogP contribution in [0.15, 0.2) is 18.2 Å². The molecule has 0 N–H and O–H groups in total. The maximum atomic E-state index is 13.2. The van der Waals surface area contributed by atoms with Crippen molar-refractivity contribution < 1.29 is 8.78 Å². The highest BCUT2D eigenvalue weighted by atomic mass is 19.2. The molecule has 2 nitrogen and oxygen atoms in total. The van der Waals surface area contributed by atoms with Crippen LogP contribution in [0, 0.1) is 23.0 Å². The van der Waals surface area contributed by atoms with E-state index < -0.39 is 17.2 Å².